The van der Waals surface area contributed by atoms with Gasteiger partial charge in [0.05, 0.1) is 14.2 Å². The monoisotopic (exact) mass is 357 g/mol. The number of hydrogen-bond donors (Lipinski definition) is 1. The van der Waals surface area contributed by atoms with E-state index in [1.165, 1.54) is 18.2 Å². The Hall–Kier alpha value is -2.61. The van der Waals surface area contributed by atoms with Crippen molar-refractivity contribution in [2.45, 2.75) is 12.8 Å². The van der Waals surface area contributed by atoms with Crippen LogP contribution in [0.1, 0.15) is 18.4 Å². The molecule has 0 aliphatic heterocycles. The van der Waals surface area contributed by atoms with E-state index >= 15 is 0 Å². The highest BCUT2D eigenvalue weighted by atomic mass is 35.5. The molecule has 2 unspecified atom stereocenters. The van der Waals surface area contributed by atoms with Gasteiger partial charge in [-0.25, -0.2) is 4.79 Å². The largest absolute Gasteiger partial charge is 0.468 e. The van der Waals surface area contributed by atoms with Crippen LogP contribution in [0.5, 0.6) is 0 Å². The first-order valence-electron chi connectivity index (χ1n) is 6.70. The van der Waals surface area contributed by atoms with E-state index in [2.05, 4.69) is 9.47 Å². The maximum absolute atomic E-state index is 12.1. The average molecular weight is 358 g/mol. The third-order valence-electron chi connectivity index (χ3n) is 3.36. The van der Waals surface area contributed by atoms with E-state index in [1.807, 2.05) is 0 Å². The van der Waals surface area contributed by atoms with E-state index in [-0.39, 0.29) is 10.6 Å². The number of rotatable bonds is 6. The lowest BCUT2D eigenvalue weighted by molar-refractivity contribution is -0.726. The fourth-order valence-corrected chi connectivity index (χ4v) is 2.56. The SMILES string of the molecule is COC(=O)C(C(c1ccccc1Cl)C(C(C)=O)C(=O)OC)=[N+]([O-])O. The maximum Gasteiger partial charge on any atom is 0.405 e. The first kappa shape index (κ1) is 19.4. The van der Waals surface area contributed by atoms with Crippen LogP contribution in [0.25, 0.3) is 0 Å². The summed E-state index contributed by atoms with van der Waals surface area (Å²) in [5.74, 6) is -5.95. The van der Waals surface area contributed by atoms with Gasteiger partial charge in [-0.1, -0.05) is 29.8 Å². The van der Waals surface area contributed by atoms with Crippen LogP contribution in [0.4, 0.5) is 0 Å². The van der Waals surface area contributed by atoms with E-state index in [0.717, 1.165) is 21.1 Å². The average Bonchev–Trinajstić information content (AvgIpc) is 2.53. The molecule has 0 aliphatic carbocycles. The van der Waals surface area contributed by atoms with Gasteiger partial charge >= 0.3 is 17.7 Å². The zero-order valence-corrected chi connectivity index (χ0v) is 13.9. The predicted molar refractivity (Wildman–Crippen MR) is 82.8 cm³/mol. The summed E-state index contributed by atoms with van der Waals surface area (Å²) in [6.45, 7) is 1.09. The van der Waals surface area contributed by atoms with Gasteiger partial charge in [-0.15, -0.1) is 0 Å². The number of nitrogens with zero attached hydrogens (tertiary/aromatic N) is 1. The second-order valence-corrected chi connectivity index (χ2v) is 5.17. The molecule has 0 spiro atoms. The van der Waals surface area contributed by atoms with Crippen molar-refractivity contribution >= 4 is 35.0 Å². The lowest BCUT2D eigenvalue weighted by Crippen LogP contribution is -2.40. The molecule has 0 saturated carbocycles. The highest BCUT2D eigenvalue weighted by Gasteiger charge is 2.47. The first-order chi connectivity index (χ1) is 11.3. The lowest BCUT2D eigenvalue weighted by Gasteiger charge is -2.22. The number of carbonyl (C=O) groups is 3. The van der Waals surface area contributed by atoms with Crippen molar-refractivity contribution in [3.05, 3.63) is 40.1 Å². The number of ketones is 1. The van der Waals surface area contributed by atoms with Crippen molar-refractivity contribution in [1.29, 1.82) is 0 Å². The number of methoxy groups -OCH3 is 2. The second-order valence-electron chi connectivity index (χ2n) is 4.76. The minimum atomic E-state index is -1.58. The van der Waals surface area contributed by atoms with E-state index in [4.69, 9.17) is 11.6 Å². The van der Waals surface area contributed by atoms with Crippen molar-refractivity contribution in [2.24, 2.45) is 5.92 Å². The molecule has 9 heteroatoms. The summed E-state index contributed by atoms with van der Waals surface area (Å²) in [6.07, 6.45) is 0. The molecule has 0 amide bonds. The molecule has 0 fully saturated rings. The second kappa shape index (κ2) is 8.30. The molecule has 0 bridgehead atoms. The Morgan fingerprint density at radius 2 is 1.79 bits per heavy atom. The van der Waals surface area contributed by atoms with Crippen LogP contribution in [0.2, 0.25) is 5.02 Å². The summed E-state index contributed by atoms with van der Waals surface area (Å²) in [5, 5.41) is 21.0. The number of halogens is 1. The Morgan fingerprint density at radius 1 is 1.21 bits per heavy atom. The quantitative estimate of drug-likeness (QED) is 0.204. The molecule has 0 aromatic heterocycles. The molecule has 1 aromatic carbocycles. The van der Waals surface area contributed by atoms with Gasteiger partial charge < -0.3 is 14.7 Å². The molecular formula is C15H16ClNO7. The molecular weight excluding hydrogens is 342 g/mol. The summed E-state index contributed by atoms with van der Waals surface area (Å²) >= 11 is 6.08. The summed E-state index contributed by atoms with van der Waals surface area (Å²) in [4.78, 5) is 35.3. The fraction of sp³-hybridized carbons (Fsp3) is 0.333. The number of Topliss-reactive ketones (excluding diaryl/α,β-unsaturated/α-hetero) is 1. The molecule has 0 saturated heterocycles. The molecule has 8 nitrogen and oxygen atoms in total. The lowest BCUT2D eigenvalue weighted by atomic mass is 9.80. The van der Waals surface area contributed by atoms with E-state index in [1.54, 1.807) is 6.07 Å². The van der Waals surface area contributed by atoms with Gasteiger partial charge in [0.15, 0.2) is 0 Å². The standard InChI is InChI=1S/C15H16ClNO7/c1-8(18)11(14(19)23-2)12(9-6-4-5-7-10(9)16)13(17(21)22)15(20)24-3/h4-7,11-12H,1-3H3,(H,21,22). The number of carbonyl (C=O) groups excluding carboxylic acids is 3. The van der Waals surface area contributed by atoms with E-state index in [9.17, 15) is 24.8 Å². The minimum Gasteiger partial charge on any atom is -0.468 e. The molecule has 130 valence electrons. The normalized spacial score (nSPS) is 14.2. The number of benzene rings is 1. The summed E-state index contributed by atoms with van der Waals surface area (Å²) in [5.41, 5.74) is -0.753. The number of hydrogen-bond acceptors (Lipinski definition) is 7. The molecule has 1 N–H and O–H groups in total. The van der Waals surface area contributed by atoms with Gasteiger partial charge in [0.1, 0.15) is 17.6 Å². The molecule has 2 atom stereocenters. The molecule has 0 radical (unpaired) electrons. The van der Waals surface area contributed by atoms with Gasteiger partial charge in [0.25, 0.3) is 0 Å². The van der Waals surface area contributed by atoms with Crippen molar-refractivity contribution in [2.75, 3.05) is 14.2 Å². The Bertz CT molecular complexity index is 682. The van der Waals surface area contributed by atoms with Crippen LogP contribution in [0.3, 0.4) is 0 Å². The molecule has 0 aliphatic rings. The molecule has 0 heterocycles. The van der Waals surface area contributed by atoms with Crippen molar-refractivity contribution in [3.63, 3.8) is 0 Å². The fourth-order valence-electron chi connectivity index (χ4n) is 2.30. The smallest absolute Gasteiger partial charge is 0.405 e. The number of ether oxygens (including phenoxy) is 2. The third-order valence-corrected chi connectivity index (χ3v) is 3.71. The van der Waals surface area contributed by atoms with Crippen LogP contribution < -0.4 is 0 Å². The zero-order chi connectivity index (χ0) is 18.4. The van der Waals surface area contributed by atoms with Gasteiger partial charge in [0, 0.05) is 9.92 Å². The highest BCUT2D eigenvalue weighted by Crippen LogP contribution is 2.33. The summed E-state index contributed by atoms with van der Waals surface area (Å²) in [6, 6.07) is 5.97. The van der Waals surface area contributed by atoms with Crippen LogP contribution in [-0.4, -0.2) is 47.8 Å². The van der Waals surface area contributed by atoms with Crippen molar-refractivity contribution < 1.29 is 34.0 Å². The van der Waals surface area contributed by atoms with Crippen LogP contribution in [-0.2, 0) is 23.9 Å². The summed E-state index contributed by atoms with van der Waals surface area (Å²) in [7, 11) is 2.03. The van der Waals surface area contributed by atoms with E-state index in [0.29, 0.717) is 0 Å². The van der Waals surface area contributed by atoms with Gasteiger partial charge in [-0.3, -0.25) is 14.8 Å². The molecule has 1 aromatic rings. The molecule has 24 heavy (non-hydrogen) atoms. The highest BCUT2D eigenvalue weighted by molar-refractivity contribution is 6.39. The minimum absolute atomic E-state index is 0.0842. The van der Waals surface area contributed by atoms with Crippen LogP contribution in [0, 0.1) is 11.1 Å². The molecule has 1 rings (SSSR count). The maximum atomic E-state index is 12.1. The van der Waals surface area contributed by atoms with Crippen molar-refractivity contribution in [3.8, 4) is 0 Å². The van der Waals surface area contributed by atoms with Gasteiger partial charge in [-0.05, 0) is 18.6 Å². The first-order valence-corrected chi connectivity index (χ1v) is 7.08. The Morgan fingerprint density at radius 3 is 2.21 bits per heavy atom. The zero-order valence-electron chi connectivity index (χ0n) is 13.2. The Labute approximate surface area is 142 Å². The van der Waals surface area contributed by atoms with Crippen LogP contribution in [0.15, 0.2) is 24.3 Å². The predicted octanol–water partition coefficient (Wildman–Crippen LogP) is 1.32. The summed E-state index contributed by atoms with van der Waals surface area (Å²) < 4.78 is 9.06. The van der Waals surface area contributed by atoms with Gasteiger partial charge in [-0.2, -0.15) is 0 Å². The van der Waals surface area contributed by atoms with E-state index < -0.39 is 40.2 Å². The third kappa shape index (κ3) is 4.02. The number of esters is 2. The Kier molecular flexibility index (Phi) is 6.72. The van der Waals surface area contributed by atoms with Crippen molar-refractivity contribution in [1.82, 2.24) is 0 Å². The van der Waals surface area contributed by atoms with Gasteiger partial charge in [0.2, 0.25) is 0 Å². The Balaban J connectivity index is 3.73. The van der Waals surface area contributed by atoms with Crippen LogP contribution >= 0.6 is 11.6 Å². The topological polar surface area (TPSA) is 116 Å².